The maximum atomic E-state index is 12.4. The van der Waals surface area contributed by atoms with Crippen molar-refractivity contribution in [3.05, 3.63) is 72.2 Å². The lowest BCUT2D eigenvalue weighted by Gasteiger charge is -2.06. The van der Waals surface area contributed by atoms with Crippen LogP contribution >= 0.6 is 0 Å². The molecule has 0 saturated carbocycles. The first-order valence-electron chi connectivity index (χ1n) is 8.89. The number of carbonyl (C=O) groups is 1. The second-order valence-corrected chi connectivity index (χ2v) is 6.36. The van der Waals surface area contributed by atoms with Crippen LogP contribution in [-0.4, -0.2) is 27.2 Å². The molecular formula is C21H20N4O2. The van der Waals surface area contributed by atoms with Crippen LogP contribution < -0.4 is 5.32 Å². The number of hydrogen-bond donors (Lipinski definition) is 1. The van der Waals surface area contributed by atoms with Crippen molar-refractivity contribution >= 4 is 16.9 Å². The maximum absolute atomic E-state index is 12.4. The number of benzene rings is 1. The molecule has 0 saturated heterocycles. The van der Waals surface area contributed by atoms with E-state index < -0.39 is 0 Å². The zero-order valence-electron chi connectivity index (χ0n) is 15.1. The van der Waals surface area contributed by atoms with Crippen molar-refractivity contribution in [1.82, 2.24) is 20.1 Å². The molecule has 3 heterocycles. The molecule has 27 heavy (non-hydrogen) atoms. The number of pyridine rings is 1. The highest BCUT2D eigenvalue weighted by molar-refractivity contribution is 5.93. The van der Waals surface area contributed by atoms with Crippen LogP contribution in [0.2, 0.25) is 0 Å². The summed E-state index contributed by atoms with van der Waals surface area (Å²) in [5.74, 6) is 0.679. The number of fused-ring (bicyclic) bond motifs is 1. The van der Waals surface area contributed by atoms with E-state index in [1.54, 1.807) is 17.1 Å². The van der Waals surface area contributed by atoms with Crippen LogP contribution in [0.5, 0.6) is 0 Å². The molecule has 1 N–H and O–H groups in total. The van der Waals surface area contributed by atoms with Crippen LogP contribution in [0, 0.1) is 6.92 Å². The first-order valence-corrected chi connectivity index (χ1v) is 8.89. The Morgan fingerprint density at radius 3 is 2.78 bits per heavy atom. The molecule has 0 aliphatic heterocycles. The standard InChI is InChI=1S/C21H20N4O2/c1-15-20-17(18-8-5-13-27-18)10-12-23-21(20)25(24-15)14-19(26)22-11-9-16-6-3-2-4-7-16/h2-8,10,12-13H,9,11,14H2,1H3,(H,22,26). The molecule has 0 atom stereocenters. The number of amides is 1. The van der Waals surface area contributed by atoms with Gasteiger partial charge in [-0.05, 0) is 37.1 Å². The maximum Gasteiger partial charge on any atom is 0.241 e. The summed E-state index contributed by atoms with van der Waals surface area (Å²) in [6, 6.07) is 15.7. The summed E-state index contributed by atoms with van der Waals surface area (Å²) in [6.45, 7) is 2.64. The van der Waals surface area contributed by atoms with E-state index in [9.17, 15) is 4.79 Å². The molecule has 0 aliphatic rings. The molecule has 3 aromatic heterocycles. The van der Waals surface area contributed by atoms with Crippen LogP contribution in [-0.2, 0) is 17.8 Å². The van der Waals surface area contributed by atoms with Gasteiger partial charge in [0, 0.05) is 18.3 Å². The number of nitrogens with one attached hydrogen (secondary N) is 1. The minimum Gasteiger partial charge on any atom is -0.464 e. The zero-order chi connectivity index (χ0) is 18.6. The quantitative estimate of drug-likeness (QED) is 0.572. The lowest BCUT2D eigenvalue weighted by atomic mass is 10.1. The van der Waals surface area contributed by atoms with Crippen molar-refractivity contribution in [3.8, 4) is 11.3 Å². The zero-order valence-corrected chi connectivity index (χ0v) is 15.1. The number of nitrogens with zero attached hydrogens (tertiary/aromatic N) is 3. The van der Waals surface area contributed by atoms with E-state index in [1.165, 1.54) is 5.56 Å². The number of aromatic nitrogens is 3. The third-order valence-electron chi connectivity index (χ3n) is 4.47. The van der Waals surface area contributed by atoms with Crippen LogP contribution in [0.15, 0.2) is 65.4 Å². The Balaban J connectivity index is 1.49. The van der Waals surface area contributed by atoms with Gasteiger partial charge < -0.3 is 9.73 Å². The van der Waals surface area contributed by atoms with Crippen molar-refractivity contribution in [3.63, 3.8) is 0 Å². The van der Waals surface area contributed by atoms with Gasteiger partial charge >= 0.3 is 0 Å². The summed E-state index contributed by atoms with van der Waals surface area (Å²) in [5, 5.41) is 8.37. The van der Waals surface area contributed by atoms with Gasteiger partial charge in [-0.2, -0.15) is 5.10 Å². The van der Waals surface area contributed by atoms with Gasteiger partial charge in [0.2, 0.25) is 5.91 Å². The van der Waals surface area contributed by atoms with E-state index >= 15 is 0 Å². The molecule has 0 spiro atoms. The summed E-state index contributed by atoms with van der Waals surface area (Å²) < 4.78 is 7.17. The molecule has 0 fully saturated rings. The fourth-order valence-corrected chi connectivity index (χ4v) is 3.21. The third-order valence-corrected chi connectivity index (χ3v) is 4.47. The van der Waals surface area contributed by atoms with Gasteiger partial charge in [-0.25, -0.2) is 9.67 Å². The van der Waals surface area contributed by atoms with Crippen LogP contribution in [0.4, 0.5) is 0 Å². The van der Waals surface area contributed by atoms with Gasteiger partial charge in [0.15, 0.2) is 5.65 Å². The van der Waals surface area contributed by atoms with E-state index in [4.69, 9.17) is 4.42 Å². The Morgan fingerprint density at radius 2 is 2.00 bits per heavy atom. The summed E-state index contributed by atoms with van der Waals surface area (Å²) >= 11 is 0. The van der Waals surface area contributed by atoms with Crippen LogP contribution in [0.3, 0.4) is 0 Å². The molecule has 4 aromatic rings. The summed E-state index contributed by atoms with van der Waals surface area (Å²) in [6.07, 6.45) is 4.15. The van der Waals surface area contributed by atoms with E-state index in [-0.39, 0.29) is 12.5 Å². The van der Waals surface area contributed by atoms with E-state index in [0.29, 0.717) is 12.2 Å². The van der Waals surface area contributed by atoms with Crippen molar-refractivity contribution in [2.75, 3.05) is 6.54 Å². The van der Waals surface area contributed by atoms with Crippen LogP contribution in [0.1, 0.15) is 11.3 Å². The van der Waals surface area contributed by atoms with Crippen molar-refractivity contribution in [2.45, 2.75) is 19.9 Å². The van der Waals surface area contributed by atoms with Gasteiger partial charge in [0.25, 0.3) is 0 Å². The Kier molecular flexibility index (Phi) is 4.70. The largest absolute Gasteiger partial charge is 0.464 e. The number of rotatable bonds is 6. The highest BCUT2D eigenvalue weighted by atomic mass is 16.3. The topological polar surface area (TPSA) is 73.0 Å². The third kappa shape index (κ3) is 3.60. The van der Waals surface area contributed by atoms with Crippen molar-refractivity contribution in [2.24, 2.45) is 0 Å². The second-order valence-electron chi connectivity index (χ2n) is 6.36. The summed E-state index contributed by atoms with van der Waals surface area (Å²) in [4.78, 5) is 16.8. The molecule has 0 bridgehead atoms. The lowest BCUT2D eigenvalue weighted by Crippen LogP contribution is -2.29. The predicted octanol–water partition coefficient (Wildman–Crippen LogP) is 3.36. The fraction of sp³-hybridized carbons (Fsp3) is 0.190. The Bertz CT molecular complexity index is 1050. The number of hydrogen-bond acceptors (Lipinski definition) is 4. The fourth-order valence-electron chi connectivity index (χ4n) is 3.21. The van der Waals surface area contributed by atoms with Gasteiger partial charge in [-0.15, -0.1) is 0 Å². The molecule has 0 radical (unpaired) electrons. The van der Waals surface area contributed by atoms with E-state index in [0.717, 1.165) is 28.8 Å². The highest BCUT2D eigenvalue weighted by Gasteiger charge is 2.16. The first-order chi connectivity index (χ1) is 13.2. The van der Waals surface area contributed by atoms with Gasteiger partial charge in [-0.3, -0.25) is 4.79 Å². The Morgan fingerprint density at radius 1 is 1.15 bits per heavy atom. The minimum absolute atomic E-state index is 0.0828. The summed E-state index contributed by atoms with van der Waals surface area (Å²) in [7, 11) is 0. The normalized spacial score (nSPS) is 11.0. The lowest BCUT2D eigenvalue weighted by molar-refractivity contribution is -0.121. The second kappa shape index (κ2) is 7.45. The number of aryl methyl sites for hydroxylation is 1. The molecule has 1 aromatic carbocycles. The SMILES string of the molecule is Cc1nn(CC(=O)NCCc2ccccc2)c2nccc(-c3ccco3)c12. The average molecular weight is 360 g/mol. The van der Waals surface area contributed by atoms with E-state index in [1.807, 2.05) is 43.3 Å². The Hall–Kier alpha value is -3.41. The molecular weight excluding hydrogens is 340 g/mol. The first kappa shape index (κ1) is 17.0. The van der Waals surface area contributed by atoms with E-state index in [2.05, 4.69) is 27.5 Å². The van der Waals surface area contributed by atoms with Gasteiger partial charge in [0.1, 0.15) is 12.3 Å². The van der Waals surface area contributed by atoms with Gasteiger partial charge in [-0.1, -0.05) is 30.3 Å². The summed E-state index contributed by atoms with van der Waals surface area (Å²) in [5.41, 5.74) is 3.63. The molecule has 6 nitrogen and oxygen atoms in total. The Labute approximate surface area is 156 Å². The molecule has 0 unspecified atom stereocenters. The number of carbonyl (C=O) groups excluding carboxylic acids is 1. The minimum atomic E-state index is -0.0828. The number of furan rings is 1. The molecule has 6 heteroatoms. The molecule has 1 amide bonds. The molecule has 136 valence electrons. The smallest absolute Gasteiger partial charge is 0.241 e. The predicted molar refractivity (Wildman–Crippen MR) is 103 cm³/mol. The monoisotopic (exact) mass is 360 g/mol. The average Bonchev–Trinajstić information content (AvgIpc) is 3.32. The van der Waals surface area contributed by atoms with Crippen LogP contribution in [0.25, 0.3) is 22.4 Å². The van der Waals surface area contributed by atoms with Crippen molar-refractivity contribution < 1.29 is 9.21 Å². The highest BCUT2D eigenvalue weighted by Crippen LogP contribution is 2.29. The molecule has 0 aliphatic carbocycles. The molecule has 4 rings (SSSR count). The van der Waals surface area contributed by atoms with Gasteiger partial charge in [0.05, 0.1) is 17.3 Å². The van der Waals surface area contributed by atoms with Crippen molar-refractivity contribution in [1.29, 1.82) is 0 Å².